The molecule has 0 aliphatic heterocycles. The highest BCUT2D eigenvalue weighted by Gasteiger charge is 2.08. The van der Waals surface area contributed by atoms with E-state index in [0.717, 1.165) is 5.56 Å². The van der Waals surface area contributed by atoms with E-state index in [2.05, 4.69) is 5.32 Å². The normalized spacial score (nSPS) is 11.7. The van der Waals surface area contributed by atoms with E-state index < -0.39 is 18.2 Å². The molecule has 6 heteroatoms. The average molecular weight is 295 g/mol. The van der Waals surface area contributed by atoms with Crippen molar-refractivity contribution in [1.29, 1.82) is 0 Å². The molecule has 0 bridgehead atoms. The standard InChI is InChI=1S/C15H21NO5/c17-13(10-14(18)19)8-4-5-9-16-15(20)21-11-12-6-2-1-3-7-12/h1-3,6-7,13,17H,4-5,8-11H2,(H,16,20)(H,18,19). The Morgan fingerprint density at radius 1 is 1.19 bits per heavy atom. The highest BCUT2D eigenvalue weighted by atomic mass is 16.5. The fourth-order valence-corrected chi connectivity index (χ4v) is 1.77. The summed E-state index contributed by atoms with van der Waals surface area (Å²) in [6.07, 6.45) is 0.168. The molecule has 3 N–H and O–H groups in total. The van der Waals surface area contributed by atoms with Crippen molar-refractivity contribution < 1.29 is 24.5 Å². The number of aliphatic hydroxyl groups excluding tert-OH is 1. The fraction of sp³-hybridized carbons (Fsp3) is 0.467. The van der Waals surface area contributed by atoms with Gasteiger partial charge in [0.25, 0.3) is 0 Å². The summed E-state index contributed by atoms with van der Waals surface area (Å²) in [6.45, 7) is 0.664. The van der Waals surface area contributed by atoms with Gasteiger partial charge in [-0.2, -0.15) is 0 Å². The molecule has 0 aromatic heterocycles. The number of aliphatic carboxylic acids is 1. The molecule has 0 spiro atoms. The number of carbonyl (C=O) groups is 2. The number of carboxylic acid groups (broad SMARTS) is 1. The number of hydrogen-bond donors (Lipinski definition) is 3. The predicted molar refractivity (Wildman–Crippen MR) is 76.7 cm³/mol. The van der Waals surface area contributed by atoms with E-state index in [0.29, 0.717) is 25.8 Å². The van der Waals surface area contributed by atoms with Crippen molar-refractivity contribution in [2.24, 2.45) is 0 Å². The lowest BCUT2D eigenvalue weighted by Crippen LogP contribution is -2.25. The Hall–Kier alpha value is -2.08. The maximum absolute atomic E-state index is 11.4. The molecular weight excluding hydrogens is 274 g/mol. The first kappa shape index (κ1) is 17.0. The van der Waals surface area contributed by atoms with Gasteiger partial charge in [0.15, 0.2) is 0 Å². The van der Waals surface area contributed by atoms with Gasteiger partial charge in [-0.15, -0.1) is 0 Å². The van der Waals surface area contributed by atoms with Gasteiger partial charge in [0.1, 0.15) is 6.61 Å². The summed E-state index contributed by atoms with van der Waals surface area (Å²) in [7, 11) is 0. The number of carboxylic acids is 1. The molecule has 0 aliphatic carbocycles. The molecule has 0 saturated heterocycles. The van der Waals surface area contributed by atoms with Crippen LogP contribution in [-0.2, 0) is 16.1 Å². The molecule has 0 radical (unpaired) electrons. The molecule has 1 aromatic carbocycles. The van der Waals surface area contributed by atoms with E-state index in [9.17, 15) is 14.7 Å². The van der Waals surface area contributed by atoms with Crippen LogP contribution in [0.3, 0.4) is 0 Å². The van der Waals surface area contributed by atoms with Crippen LogP contribution >= 0.6 is 0 Å². The number of amides is 1. The summed E-state index contributed by atoms with van der Waals surface area (Å²) >= 11 is 0. The number of unbranched alkanes of at least 4 members (excludes halogenated alkanes) is 1. The zero-order valence-electron chi connectivity index (χ0n) is 11.8. The van der Waals surface area contributed by atoms with E-state index in [4.69, 9.17) is 9.84 Å². The van der Waals surface area contributed by atoms with Crippen LogP contribution in [0, 0.1) is 0 Å². The molecule has 0 saturated carbocycles. The van der Waals surface area contributed by atoms with Crippen molar-refractivity contribution in [3.8, 4) is 0 Å². The molecule has 21 heavy (non-hydrogen) atoms. The first-order chi connectivity index (χ1) is 10.1. The summed E-state index contributed by atoms with van der Waals surface area (Å²) in [5.41, 5.74) is 0.921. The summed E-state index contributed by atoms with van der Waals surface area (Å²) < 4.78 is 5.03. The molecule has 1 unspecified atom stereocenters. The van der Waals surface area contributed by atoms with Gasteiger partial charge >= 0.3 is 12.1 Å². The van der Waals surface area contributed by atoms with Crippen LogP contribution in [0.2, 0.25) is 0 Å². The molecule has 1 aromatic rings. The number of nitrogens with one attached hydrogen (secondary N) is 1. The molecule has 1 atom stereocenters. The lowest BCUT2D eigenvalue weighted by Gasteiger charge is -2.09. The van der Waals surface area contributed by atoms with Gasteiger partial charge in [-0.05, 0) is 24.8 Å². The summed E-state index contributed by atoms with van der Waals surface area (Å²) in [5, 5.41) is 20.4. The Balaban J connectivity index is 2.02. The van der Waals surface area contributed by atoms with Gasteiger partial charge < -0.3 is 20.3 Å². The Morgan fingerprint density at radius 2 is 1.90 bits per heavy atom. The molecule has 0 heterocycles. The Labute approximate surface area is 123 Å². The number of aliphatic hydroxyl groups is 1. The Kier molecular flexibility index (Phi) is 7.89. The maximum atomic E-state index is 11.4. The van der Waals surface area contributed by atoms with Crippen LogP contribution in [-0.4, -0.2) is 34.9 Å². The highest BCUT2D eigenvalue weighted by molar-refractivity contribution is 5.67. The van der Waals surface area contributed by atoms with Crippen molar-refractivity contribution in [2.45, 2.75) is 38.4 Å². The number of hydrogen-bond acceptors (Lipinski definition) is 4. The minimum absolute atomic E-state index is 0.226. The van der Waals surface area contributed by atoms with Crippen molar-refractivity contribution in [1.82, 2.24) is 5.32 Å². The van der Waals surface area contributed by atoms with Crippen molar-refractivity contribution in [2.75, 3.05) is 6.54 Å². The molecule has 1 rings (SSSR count). The van der Waals surface area contributed by atoms with Gasteiger partial charge in [0, 0.05) is 6.54 Å². The van der Waals surface area contributed by atoms with Gasteiger partial charge in [-0.3, -0.25) is 4.79 Å². The molecule has 6 nitrogen and oxygen atoms in total. The molecule has 0 fully saturated rings. The molecule has 116 valence electrons. The highest BCUT2D eigenvalue weighted by Crippen LogP contribution is 2.04. The zero-order valence-corrected chi connectivity index (χ0v) is 11.8. The van der Waals surface area contributed by atoms with Gasteiger partial charge in [0.2, 0.25) is 0 Å². The largest absolute Gasteiger partial charge is 0.481 e. The SMILES string of the molecule is O=C(O)CC(O)CCCCNC(=O)OCc1ccccc1. The van der Waals surface area contributed by atoms with E-state index in [1.54, 1.807) is 0 Å². The smallest absolute Gasteiger partial charge is 0.407 e. The first-order valence-corrected chi connectivity index (χ1v) is 6.92. The van der Waals surface area contributed by atoms with Crippen LogP contribution in [0.4, 0.5) is 4.79 Å². The van der Waals surface area contributed by atoms with Crippen LogP contribution in [0.15, 0.2) is 30.3 Å². The molecule has 0 aliphatic rings. The number of carbonyl (C=O) groups excluding carboxylic acids is 1. The minimum Gasteiger partial charge on any atom is -0.481 e. The van der Waals surface area contributed by atoms with Crippen LogP contribution in [0.25, 0.3) is 0 Å². The van der Waals surface area contributed by atoms with Crippen LogP contribution in [0.5, 0.6) is 0 Å². The third kappa shape index (κ3) is 8.65. The average Bonchev–Trinajstić information content (AvgIpc) is 2.45. The third-order valence-electron chi connectivity index (χ3n) is 2.86. The Morgan fingerprint density at radius 3 is 2.57 bits per heavy atom. The summed E-state index contributed by atoms with van der Waals surface area (Å²) in [5.74, 6) is -1.01. The van der Waals surface area contributed by atoms with E-state index >= 15 is 0 Å². The maximum Gasteiger partial charge on any atom is 0.407 e. The second-order valence-electron chi connectivity index (χ2n) is 4.74. The third-order valence-corrected chi connectivity index (χ3v) is 2.86. The minimum atomic E-state index is -1.01. The lowest BCUT2D eigenvalue weighted by atomic mass is 10.1. The van der Waals surface area contributed by atoms with Gasteiger partial charge in [0.05, 0.1) is 12.5 Å². The topological polar surface area (TPSA) is 95.9 Å². The van der Waals surface area contributed by atoms with Gasteiger partial charge in [-0.25, -0.2) is 4.79 Å². The number of benzene rings is 1. The quantitative estimate of drug-likeness (QED) is 0.605. The second-order valence-corrected chi connectivity index (χ2v) is 4.74. The first-order valence-electron chi connectivity index (χ1n) is 6.92. The fourth-order valence-electron chi connectivity index (χ4n) is 1.77. The van der Waals surface area contributed by atoms with Crippen LogP contribution < -0.4 is 5.32 Å². The Bertz CT molecular complexity index is 435. The number of alkyl carbamates (subject to hydrolysis) is 1. The summed E-state index contributed by atoms with van der Waals surface area (Å²) in [6, 6.07) is 9.38. The molecular formula is C15H21NO5. The monoisotopic (exact) mass is 295 g/mol. The molecule has 1 amide bonds. The van der Waals surface area contributed by atoms with E-state index in [1.807, 2.05) is 30.3 Å². The number of rotatable bonds is 9. The van der Waals surface area contributed by atoms with E-state index in [1.165, 1.54) is 0 Å². The zero-order chi connectivity index (χ0) is 15.5. The summed E-state index contributed by atoms with van der Waals surface area (Å²) in [4.78, 5) is 21.7. The lowest BCUT2D eigenvalue weighted by molar-refractivity contribution is -0.139. The second kappa shape index (κ2) is 9.77. The predicted octanol–water partition coefficient (Wildman–Crippen LogP) is 1.92. The van der Waals surface area contributed by atoms with Crippen molar-refractivity contribution in [3.63, 3.8) is 0 Å². The van der Waals surface area contributed by atoms with Crippen molar-refractivity contribution >= 4 is 12.1 Å². The van der Waals surface area contributed by atoms with E-state index in [-0.39, 0.29) is 13.0 Å². The number of ether oxygens (including phenoxy) is 1. The van der Waals surface area contributed by atoms with Gasteiger partial charge in [-0.1, -0.05) is 30.3 Å². The van der Waals surface area contributed by atoms with Crippen LogP contribution in [0.1, 0.15) is 31.2 Å². The van der Waals surface area contributed by atoms with Crippen molar-refractivity contribution in [3.05, 3.63) is 35.9 Å².